The first kappa shape index (κ1) is 24.2. The highest BCUT2D eigenvalue weighted by molar-refractivity contribution is 14.0. The van der Waals surface area contributed by atoms with Gasteiger partial charge in [-0.25, -0.2) is 0 Å². The Morgan fingerprint density at radius 2 is 1.97 bits per heavy atom. The number of anilines is 1. The van der Waals surface area contributed by atoms with Crippen LogP contribution in [0.1, 0.15) is 24.8 Å². The summed E-state index contributed by atoms with van der Waals surface area (Å²) < 4.78 is 16.7. The van der Waals surface area contributed by atoms with E-state index < -0.39 is 0 Å². The normalized spacial score (nSPS) is 19.7. The molecule has 0 spiro atoms. The van der Waals surface area contributed by atoms with Crippen LogP contribution in [0.4, 0.5) is 5.69 Å². The molecule has 0 saturated carbocycles. The second-order valence-electron chi connectivity index (χ2n) is 7.18. The third-order valence-electron chi connectivity index (χ3n) is 5.08. The smallest absolute Gasteiger partial charge is 0.191 e. The summed E-state index contributed by atoms with van der Waals surface area (Å²) in [4.78, 5) is 6.65. The summed E-state index contributed by atoms with van der Waals surface area (Å²) in [5.74, 6) is 0.816. The molecule has 0 bridgehead atoms. The maximum absolute atomic E-state index is 5.69. The molecule has 7 nitrogen and oxygen atoms in total. The highest BCUT2D eigenvalue weighted by atomic mass is 127. The molecule has 2 heterocycles. The number of halogens is 1. The molecule has 2 aliphatic rings. The summed E-state index contributed by atoms with van der Waals surface area (Å²) in [6.07, 6.45) is 3.54. The van der Waals surface area contributed by atoms with Crippen molar-refractivity contribution in [2.45, 2.75) is 31.9 Å². The van der Waals surface area contributed by atoms with E-state index in [1.807, 2.05) is 0 Å². The molecule has 0 amide bonds. The van der Waals surface area contributed by atoms with Gasteiger partial charge in [-0.05, 0) is 37.0 Å². The Morgan fingerprint density at radius 3 is 2.66 bits per heavy atom. The molecule has 3 rings (SSSR count). The van der Waals surface area contributed by atoms with Gasteiger partial charge in [-0.2, -0.15) is 0 Å². The topological polar surface area (TPSA) is 67.4 Å². The number of aliphatic imine (C=N–C) groups is 1. The van der Waals surface area contributed by atoms with Gasteiger partial charge >= 0.3 is 0 Å². The van der Waals surface area contributed by atoms with Crippen LogP contribution in [-0.4, -0.2) is 71.8 Å². The molecule has 164 valence electrons. The lowest BCUT2D eigenvalue weighted by molar-refractivity contribution is 0.0168. The minimum atomic E-state index is 0. The number of guanidine groups is 1. The van der Waals surface area contributed by atoms with Gasteiger partial charge in [0.25, 0.3) is 0 Å². The Morgan fingerprint density at radius 1 is 1.17 bits per heavy atom. The molecule has 8 heteroatoms. The van der Waals surface area contributed by atoms with Crippen molar-refractivity contribution in [1.29, 1.82) is 0 Å². The quantitative estimate of drug-likeness (QED) is 0.227. The van der Waals surface area contributed by atoms with Crippen molar-refractivity contribution >= 4 is 35.6 Å². The summed E-state index contributed by atoms with van der Waals surface area (Å²) in [6, 6.07) is 8.71. The lowest BCUT2D eigenvalue weighted by atomic mass is 10.2. The molecule has 2 saturated heterocycles. The number of rotatable bonds is 9. The molecule has 2 aliphatic heterocycles. The van der Waals surface area contributed by atoms with Crippen LogP contribution in [-0.2, 0) is 20.8 Å². The van der Waals surface area contributed by atoms with E-state index in [9.17, 15) is 0 Å². The van der Waals surface area contributed by atoms with E-state index in [4.69, 9.17) is 14.2 Å². The molecular weight excluding hydrogens is 483 g/mol. The van der Waals surface area contributed by atoms with E-state index in [2.05, 4.69) is 44.8 Å². The first-order valence-corrected chi connectivity index (χ1v) is 10.4. The molecule has 2 fully saturated rings. The van der Waals surface area contributed by atoms with Crippen LogP contribution in [0.15, 0.2) is 29.3 Å². The minimum Gasteiger partial charge on any atom is -0.379 e. The SMILES string of the molecule is CN=C(NCCCOCC1CCCO1)NCc1ccc(N2CCOCC2)cc1.I. The molecule has 1 aromatic rings. The van der Waals surface area contributed by atoms with Crippen molar-refractivity contribution in [1.82, 2.24) is 10.6 Å². The Hall–Kier alpha value is -1.10. The molecule has 1 aromatic carbocycles. The number of benzene rings is 1. The fourth-order valence-electron chi connectivity index (χ4n) is 3.42. The first-order chi connectivity index (χ1) is 13.8. The van der Waals surface area contributed by atoms with Crippen molar-refractivity contribution in [3.63, 3.8) is 0 Å². The van der Waals surface area contributed by atoms with Crippen LogP contribution in [0.2, 0.25) is 0 Å². The molecular formula is C21H35IN4O3. The highest BCUT2D eigenvalue weighted by Gasteiger charge is 2.15. The summed E-state index contributed by atoms with van der Waals surface area (Å²) in [7, 11) is 1.80. The zero-order chi connectivity index (χ0) is 19.4. The standard InChI is InChI=1S/C21H34N4O3.HI/c1-22-21(23-9-3-12-27-17-20-4-2-13-28-20)24-16-18-5-7-19(8-6-18)25-10-14-26-15-11-25;/h5-8,20H,2-4,9-17H2,1H3,(H2,22,23,24);1H. The Kier molecular flexibility index (Phi) is 11.7. The van der Waals surface area contributed by atoms with Crippen LogP contribution in [0.3, 0.4) is 0 Å². The second kappa shape index (κ2) is 14.0. The monoisotopic (exact) mass is 518 g/mol. The van der Waals surface area contributed by atoms with Crippen LogP contribution in [0.25, 0.3) is 0 Å². The summed E-state index contributed by atoms with van der Waals surface area (Å²) in [5, 5.41) is 6.70. The van der Waals surface area contributed by atoms with Gasteiger partial charge in [-0.1, -0.05) is 12.1 Å². The van der Waals surface area contributed by atoms with E-state index in [1.165, 1.54) is 11.3 Å². The van der Waals surface area contributed by atoms with Crippen LogP contribution in [0, 0.1) is 0 Å². The third kappa shape index (κ3) is 8.65. The molecule has 29 heavy (non-hydrogen) atoms. The van der Waals surface area contributed by atoms with Crippen LogP contribution < -0.4 is 15.5 Å². The lowest BCUT2D eigenvalue weighted by Gasteiger charge is -2.28. The fraction of sp³-hybridized carbons (Fsp3) is 0.667. The highest BCUT2D eigenvalue weighted by Crippen LogP contribution is 2.16. The molecule has 0 aliphatic carbocycles. The maximum atomic E-state index is 5.69. The number of hydrogen-bond acceptors (Lipinski definition) is 5. The van der Waals surface area contributed by atoms with Gasteiger partial charge in [0.2, 0.25) is 0 Å². The Bertz CT molecular complexity index is 588. The number of morpholine rings is 1. The first-order valence-electron chi connectivity index (χ1n) is 10.4. The van der Waals surface area contributed by atoms with Gasteiger partial charge in [0.1, 0.15) is 0 Å². The van der Waals surface area contributed by atoms with Gasteiger partial charge in [0, 0.05) is 52.1 Å². The number of nitrogens with one attached hydrogen (secondary N) is 2. The molecule has 2 N–H and O–H groups in total. The van der Waals surface area contributed by atoms with Crippen molar-refractivity contribution in [2.24, 2.45) is 4.99 Å². The maximum Gasteiger partial charge on any atom is 0.191 e. The van der Waals surface area contributed by atoms with Gasteiger partial charge < -0.3 is 29.7 Å². The van der Waals surface area contributed by atoms with Crippen molar-refractivity contribution in [3.8, 4) is 0 Å². The van der Waals surface area contributed by atoms with Crippen LogP contribution in [0.5, 0.6) is 0 Å². The van der Waals surface area contributed by atoms with E-state index in [0.29, 0.717) is 12.7 Å². The number of nitrogens with zero attached hydrogens (tertiary/aromatic N) is 2. The Labute approximate surface area is 191 Å². The summed E-state index contributed by atoms with van der Waals surface area (Å²) in [6.45, 7) is 7.47. The van der Waals surface area contributed by atoms with Gasteiger partial charge in [-0.15, -0.1) is 24.0 Å². The second-order valence-corrected chi connectivity index (χ2v) is 7.18. The largest absolute Gasteiger partial charge is 0.379 e. The number of ether oxygens (including phenoxy) is 3. The van der Waals surface area contributed by atoms with E-state index >= 15 is 0 Å². The van der Waals surface area contributed by atoms with E-state index in [0.717, 1.165) is 77.8 Å². The predicted molar refractivity (Wildman–Crippen MR) is 128 cm³/mol. The molecule has 0 radical (unpaired) electrons. The van der Waals surface area contributed by atoms with Crippen molar-refractivity contribution in [3.05, 3.63) is 29.8 Å². The van der Waals surface area contributed by atoms with Crippen molar-refractivity contribution in [2.75, 3.05) is 64.6 Å². The average Bonchev–Trinajstić information content (AvgIpc) is 3.27. The lowest BCUT2D eigenvalue weighted by Crippen LogP contribution is -2.37. The Balaban J connectivity index is 0.00000300. The fourth-order valence-corrected chi connectivity index (χ4v) is 3.42. The van der Waals surface area contributed by atoms with Gasteiger partial charge in [0.15, 0.2) is 5.96 Å². The average molecular weight is 518 g/mol. The van der Waals surface area contributed by atoms with Crippen LogP contribution >= 0.6 is 24.0 Å². The molecule has 0 aromatic heterocycles. The van der Waals surface area contributed by atoms with Gasteiger partial charge in [0.05, 0.1) is 25.9 Å². The van der Waals surface area contributed by atoms with Crippen molar-refractivity contribution < 1.29 is 14.2 Å². The predicted octanol–water partition coefficient (Wildman–Crippen LogP) is 2.39. The molecule has 1 atom stereocenters. The minimum absolute atomic E-state index is 0. The summed E-state index contributed by atoms with van der Waals surface area (Å²) in [5.41, 5.74) is 2.50. The zero-order valence-electron chi connectivity index (χ0n) is 17.4. The zero-order valence-corrected chi connectivity index (χ0v) is 19.7. The van der Waals surface area contributed by atoms with Gasteiger partial charge in [-0.3, -0.25) is 4.99 Å². The van der Waals surface area contributed by atoms with E-state index in [1.54, 1.807) is 7.05 Å². The summed E-state index contributed by atoms with van der Waals surface area (Å²) >= 11 is 0. The third-order valence-corrected chi connectivity index (χ3v) is 5.08. The van der Waals surface area contributed by atoms with E-state index in [-0.39, 0.29) is 24.0 Å². The molecule has 1 unspecified atom stereocenters. The number of hydrogen-bond donors (Lipinski definition) is 2.